The molecule has 0 unspecified atom stereocenters. The topological polar surface area (TPSA) is 93.3 Å². The predicted molar refractivity (Wildman–Crippen MR) is 77.3 cm³/mol. The summed E-state index contributed by atoms with van der Waals surface area (Å²) in [6.07, 6.45) is 2.96. The first-order valence-corrected chi connectivity index (χ1v) is 6.30. The van der Waals surface area contributed by atoms with Gasteiger partial charge in [-0.15, -0.1) is 0 Å². The highest BCUT2D eigenvalue weighted by molar-refractivity contribution is 5.75. The van der Waals surface area contributed by atoms with Crippen LogP contribution in [0.15, 0.2) is 30.6 Å². The number of carbonyl (C=O) groups is 1. The van der Waals surface area contributed by atoms with Crippen molar-refractivity contribution in [2.24, 2.45) is 0 Å². The van der Waals surface area contributed by atoms with E-state index in [-0.39, 0.29) is 23.8 Å². The number of nitrogens with one attached hydrogen (secondary N) is 1. The number of hydrogen-bond acceptors (Lipinski definition) is 5. The lowest BCUT2D eigenvalue weighted by Crippen LogP contribution is -2.26. The zero-order valence-corrected chi connectivity index (χ0v) is 12.0. The molecule has 0 radical (unpaired) electrons. The lowest BCUT2D eigenvalue weighted by molar-refractivity contribution is -0.384. The Morgan fingerprint density at radius 1 is 1.50 bits per heavy atom. The minimum Gasteiger partial charge on any atom is -0.347 e. The monoisotopic (exact) mass is 307 g/mol. The molecule has 1 aromatic carbocycles. The summed E-state index contributed by atoms with van der Waals surface area (Å²) in [6.45, 7) is 0.0557. The second-order valence-corrected chi connectivity index (χ2v) is 4.76. The Balaban J connectivity index is 2.17. The van der Waals surface area contributed by atoms with Gasteiger partial charge >= 0.3 is 0 Å². The van der Waals surface area contributed by atoms with Crippen LogP contribution in [-0.4, -0.2) is 39.6 Å². The van der Waals surface area contributed by atoms with E-state index in [1.54, 1.807) is 14.1 Å². The molecule has 1 heterocycles. The minimum absolute atomic E-state index is 0.0557. The maximum Gasteiger partial charge on any atom is 0.295 e. The van der Waals surface area contributed by atoms with Crippen molar-refractivity contribution in [3.63, 3.8) is 0 Å². The molecule has 1 N–H and O–H groups in total. The Bertz CT molecular complexity index is 713. The van der Waals surface area contributed by atoms with Gasteiger partial charge in [-0.3, -0.25) is 19.6 Å². The van der Waals surface area contributed by atoms with E-state index < -0.39 is 10.7 Å². The number of rotatable bonds is 5. The Hall–Kier alpha value is -2.97. The van der Waals surface area contributed by atoms with E-state index in [2.05, 4.69) is 10.4 Å². The highest BCUT2D eigenvalue weighted by Crippen LogP contribution is 2.27. The number of likely N-dealkylation sites (N-methyl/N-ethyl adjacent to an activating group) is 1. The fourth-order valence-electron chi connectivity index (χ4n) is 1.71. The Labute approximate surface area is 125 Å². The number of halogens is 1. The van der Waals surface area contributed by atoms with Gasteiger partial charge in [-0.05, 0) is 12.1 Å². The number of nitro groups is 1. The highest BCUT2D eigenvalue weighted by Gasteiger charge is 2.16. The van der Waals surface area contributed by atoms with E-state index in [1.807, 2.05) is 0 Å². The summed E-state index contributed by atoms with van der Waals surface area (Å²) in [6, 6.07) is 3.23. The quantitative estimate of drug-likeness (QED) is 0.671. The van der Waals surface area contributed by atoms with E-state index in [4.69, 9.17) is 0 Å². The number of benzene rings is 1. The summed E-state index contributed by atoms with van der Waals surface area (Å²) in [5, 5.41) is 17.7. The van der Waals surface area contributed by atoms with Crippen LogP contribution in [0.1, 0.15) is 0 Å². The number of aromatic nitrogens is 2. The molecular weight excluding hydrogens is 293 g/mol. The third kappa shape index (κ3) is 3.57. The Morgan fingerprint density at radius 3 is 2.86 bits per heavy atom. The molecule has 0 aliphatic heterocycles. The van der Waals surface area contributed by atoms with Crippen molar-refractivity contribution in [1.29, 1.82) is 0 Å². The molecule has 0 saturated heterocycles. The summed E-state index contributed by atoms with van der Waals surface area (Å²) >= 11 is 0. The SMILES string of the molecule is CN(C)C(=O)Cn1cc(Nc2ccc(F)cc2[N+](=O)[O-])cn1. The normalized spacial score (nSPS) is 10.3. The first-order chi connectivity index (χ1) is 10.4. The average Bonchev–Trinajstić information content (AvgIpc) is 2.87. The Morgan fingerprint density at radius 2 is 2.23 bits per heavy atom. The standard InChI is InChI=1S/C13H14FN5O3/c1-17(2)13(20)8-18-7-10(6-15-18)16-11-4-3-9(14)5-12(11)19(21)22/h3-7,16H,8H2,1-2H3. The van der Waals surface area contributed by atoms with E-state index in [9.17, 15) is 19.3 Å². The second kappa shape index (κ2) is 6.20. The third-order valence-corrected chi connectivity index (χ3v) is 2.86. The molecule has 22 heavy (non-hydrogen) atoms. The molecule has 0 spiro atoms. The van der Waals surface area contributed by atoms with Crippen LogP contribution in [0, 0.1) is 15.9 Å². The van der Waals surface area contributed by atoms with Gasteiger partial charge in [0.05, 0.1) is 22.9 Å². The molecule has 8 nitrogen and oxygen atoms in total. The molecule has 9 heteroatoms. The number of amides is 1. The second-order valence-electron chi connectivity index (χ2n) is 4.76. The number of nitro benzene ring substituents is 1. The molecule has 1 amide bonds. The number of anilines is 2. The van der Waals surface area contributed by atoms with Crippen LogP contribution in [0.5, 0.6) is 0 Å². The fourth-order valence-corrected chi connectivity index (χ4v) is 1.71. The number of hydrogen-bond donors (Lipinski definition) is 1. The van der Waals surface area contributed by atoms with Gasteiger partial charge in [0, 0.05) is 20.3 Å². The molecule has 116 valence electrons. The first-order valence-electron chi connectivity index (χ1n) is 6.30. The van der Waals surface area contributed by atoms with E-state index in [0.29, 0.717) is 5.69 Å². The van der Waals surface area contributed by atoms with Crippen molar-refractivity contribution in [1.82, 2.24) is 14.7 Å². The summed E-state index contributed by atoms with van der Waals surface area (Å²) < 4.78 is 14.5. The van der Waals surface area contributed by atoms with E-state index >= 15 is 0 Å². The highest BCUT2D eigenvalue weighted by atomic mass is 19.1. The Kier molecular flexibility index (Phi) is 4.35. The zero-order chi connectivity index (χ0) is 16.3. The van der Waals surface area contributed by atoms with E-state index in [1.165, 1.54) is 28.0 Å². The smallest absolute Gasteiger partial charge is 0.295 e. The van der Waals surface area contributed by atoms with Crippen LogP contribution in [0.3, 0.4) is 0 Å². The first kappa shape index (κ1) is 15.4. The summed E-state index contributed by atoms with van der Waals surface area (Å²) in [5.74, 6) is -0.827. The third-order valence-electron chi connectivity index (χ3n) is 2.86. The van der Waals surface area contributed by atoms with Crippen LogP contribution in [0.25, 0.3) is 0 Å². The van der Waals surface area contributed by atoms with Gasteiger partial charge in [-0.2, -0.15) is 5.10 Å². The van der Waals surface area contributed by atoms with Crippen molar-refractivity contribution in [3.05, 3.63) is 46.5 Å². The summed E-state index contributed by atoms with van der Waals surface area (Å²) in [5.41, 5.74) is 0.225. The van der Waals surface area contributed by atoms with Crippen LogP contribution >= 0.6 is 0 Å². The van der Waals surface area contributed by atoms with Crippen molar-refractivity contribution in [3.8, 4) is 0 Å². The molecule has 2 rings (SSSR count). The molecule has 1 aromatic heterocycles. The van der Waals surface area contributed by atoms with Crippen molar-refractivity contribution in [2.75, 3.05) is 19.4 Å². The molecule has 0 bridgehead atoms. The molecular formula is C13H14FN5O3. The lowest BCUT2D eigenvalue weighted by Gasteiger charge is -2.09. The lowest BCUT2D eigenvalue weighted by atomic mass is 10.2. The van der Waals surface area contributed by atoms with Gasteiger partial charge in [0.15, 0.2) is 0 Å². The number of nitrogens with zero attached hydrogens (tertiary/aromatic N) is 4. The maximum absolute atomic E-state index is 13.1. The van der Waals surface area contributed by atoms with E-state index in [0.717, 1.165) is 12.1 Å². The van der Waals surface area contributed by atoms with Crippen molar-refractivity contribution in [2.45, 2.75) is 6.54 Å². The van der Waals surface area contributed by atoms with Gasteiger partial charge in [-0.1, -0.05) is 0 Å². The molecule has 2 aromatic rings. The van der Waals surface area contributed by atoms with Crippen LogP contribution in [0.2, 0.25) is 0 Å². The predicted octanol–water partition coefficient (Wildman–Crippen LogP) is 1.76. The van der Waals surface area contributed by atoms with Crippen molar-refractivity contribution >= 4 is 23.0 Å². The van der Waals surface area contributed by atoms with Gasteiger partial charge in [-0.25, -0.2) is 4.39 Å². The van der Waals surface area contributed by atoms with Crippen LogP contribution in [-0.2, 0) is 11.3 Å². The zero-order valence-electron chi connectivity index (χ0n) is 12.0. The van der Waals surface area contributed by atoms with Crippen LogP contribution < -0.4 is 5.32 Å². The van der Waals surface area contributed by atoms with Gasteiger partial charge in [0.2, 0.25) is 5.91 Å². The molecule has 0 atom stereocenters. The fraction of sp³-hybridized carbons (Fsp3) is 0.231. The molecule has 0 aliphatic rings. The minimum atomic E-state index is -0.690. The largest absolute Gasteiger partial charge is 0.347 e. The number of carbonyl (C=O) groups excluding carboxylic acids is 1. The van der Waals surface area contributed by atoms with Gasteiger partial charge in [0.1, 0.15) is 18.0 Å². The van der Waals surface area contributed by atoms with Gasteiger partial charge < -0.3 is 10.2 Å². The van der Waals surface area contributed by atoms with Crippen LogP contribution in [0.4, 0.5) is 21.5 Å². The molecule has 0 saturated carbocycles. The molecule has 0 aliphatic carbocycles. The molecule has 0 fully saturated rings. The van der Waals surface area contributed by atoms with Gasteiger partial charge in [0.25, 0.3) is 5.69 Å². The summed E-state index contributed by atoms with van der Waals surface area (Å²) in [4.78, 5) is 23.2. The maximum atomic E-state index is 13.1. The van der Waals surface area contributed by atoms with Crippen molar-refractivity contribution < 1.29 is 14.1 Å². The average molecular weight is 307 g/mol. The summed E-state index contributed by atoms with van der Waals surface area (Å²) in [7, 11) is 3.26.